The van der Waals surface area contributed by atoms with Crippen LogP contribution in [0.3, 0.4) is 0 Å². The molecule has 4 aromatic rings. The summed E-state index contributed by atoms with van der Waals surface area (Å²) in [6.07, 6.45) is 1.75. The molecule has 2 N–H and O–H groups in total. The summed E-state index contributed by atoms with van der Waals surface area (Å²) in [4.78, 5) is 27.0. The normalized spacial score (nSPS) is 14.1. The number of pyridine rings is 1. The predicted molar refractivity (Wildman–Crippen MR) is 151 cm³/mol. The van der Waals surface area contributed by atoms with Crippen molar-refractivity contribution in [3.05, 3.63) is 84.6 Å². The van der Waals surface area contributed by atoms with E-state index < -0.39 is 0 Å². The smallest absolute Gasteiger partial charge is 0.274 e. The molecule has 3 heterocycles. The number of anilines is 2. The summed E-state index contributed by atoms with van der Waals surface area (Å²) in [6, 6.07) is 19.5. The van der Waals surface area contributed by atoms with Gasteiger partial charge in [-0.05, 0) is 74.5 Å². The fourth-order valence-electron chi connectivity index (χ4n) is 4.84. The molecular weight excluding hydrogens is 495 g/mol. The average Bonchev–Trinajstić information content (AvgIpc) is 3.40. The van der Waals surface area contributed by atoms with Crippen LogP contribution in [0.2, 0.25) is 0 Å². The molecule has 0 spiro atoms. The molecule has 8 nitrogen and oxygen atoms in total. The van der Waals surface area contributed by atoms with Crippen LogP contribution >= 0.6 is 0 Å². The quantitative estimate of drug-likeness (QED) is 0.345. The van der Waals surface area contributed by atoms with Gasteiger partial charge in [0.05, 0.1) is 30.0 Å². The maximum atomic E-state index is 13.5. The lowest BCUT2D eigenvalue weighted by atomic mass is 10.1. The number of piperazine rings is 1. The summed E-state index contributed by atoms with van der Waals surface area (Å²) in [7, 11) is 0. The Hall–Kier alpha value is -4.08. The monoisotopic (exact) mass is 528 g/mol. The lowest BCUT2D eigenvalue weighted by Gasteiger charge is -2.35. The number of carbonyl (C=O) groups excluding carboxylic acids is 1. The van der Waals surface area contributed by atoms with E-state index in [2.05, 4.69) is 33.9 Å². The molecule has 1 aliphatic rings. The largest absolute Gasteiger partial charge is 0.395 e. The molecule has 1 amide bonds. The maximum Gasteiger partial charge on any atom is 0.274 e. The zero-order chi connectivity index (χ0) is 27.4. The van der Waals surface area contributed by atoms with E-state index in [1.807, 2.05) is 41.0 Å². The van der Waals surface area contributed by atoms with E-state index in [4.69, 9.17) is 10.1 Å². The van der Waals surface area contributed by atoms with Crippen LogP contribution in [0.5, 0.6) is 0 Å². The molecule has 9 heteroatoms. The molecule has 1 aliphatic heterocycles. The predicted octanol–water partition coefficient (Wildman–Crippen LogP) is 4.70. The van der Waals surface area contributed by atoms with Gasteiger partial charge in [-0.2, -0.15) is 0 Å². The minimum atomic E-state index is -0.311. The molecule has 5 rings (SSSR count). The number of β-amino-alcohol motifs (C(OH)–C–C–N with tert-alkyl or cyclic N) is 1. The summed E-state index contributed by atoms with van der Waals surface area (Å²) >= 11 is 0. The van der Waals surface area contributed by atoms with Crippen molar-refractivity contribution in [3.63, 3.8) is 0 Å². The van der Waals surface area contributed by atoms with Crippen LogP contribution in [-0.2, 0) is 0 Å². The number of nitrogens with zero attached hydrogens (tertiary/aromatic N) is 5. The molecular formula is C30H33FN6O2. The molecule has 0 saturated carbocycles. The minimum absolute atomic E-state index is 0.108. The number of hydrogen-bond acceptors (Lipinski definition) is 6. The van der Waals surface area contributed by atoms with Gasteiger partial charge in [0, 0.05) is 55.7 Å². The first-order chi connectivity index (χ1) is 18.9. The van der Waals surface area contributed by atoms with Crippen LogP contribution in [0.25, 0.3) is 22.6 Å². The van der Waals surface area contributed by atoms with Crippen molar-refractivity contribution in [2.24, 2.45) is 0 Å². The number of aromatic nitrogens is 3. The van der Waals surface area contributed by atoms with Crippen LogP contribution in [0.15, 0.2) is 73.1 Å². The van der Waals surface area contributed by atoms with Crippen molar-refractivity contribution in [2.75, 3.05) is 49.5 Å². The van der Waals surface area contributed by atoms with E-state index in [-0.39, 0.29) is 30.1 Å². The second kappa shape index (κ2) is 11.8. The Morgan fingerprint density at radius 2 is 1.72 bits per heavy atom. The Labute approximate surface area is 227 Å². The highest BCUT2D eigenvalue weighted by atomic mass is 19.1. The number of aliphatic hydroxyl groups is 1. The molecule has 0 atom stereocenters. The standard InChI is InChI=1S/C30H33FN6O2/c1-21(2)37-20-32-28(22-6-8-23(31)9-7-22)29(37)26-4-3-5-27(34-26)30(39)33-24-10-12-25(13-11-24)36-16-14-35(15-17-36)18-19-38/h3-13,20-21,38H,14-19H2,1-2H3,(H,33,39). The SMILES string of the molecule is CC(C)n1cnc(-c2ccc(F)cc2)c1-c1cccc(C(=O)Nc2ccc(N3CCN(CCO)CC3)cc2)n1. The van der Waals surface area contributed by atoms with Gasteiger partial charge < -0.3 is 19.9 Å². The van der Waals surface area contributed by atoms with Crippen molar-refractivity contribution in [1.82, 2.24) is 19.4 Å². The molecule has 0 unspecified atom stereocenters. The molecule has 2 aromatic carbocycles. The molecule has 1 saturated heterocycles. The minimum Gasteiger partial charge on any atom is -0.395 e. The first kappa shape index (κ1) is 26.5. The number of amides is 1. The highest BCUT2D eigenvalue weighted by molar-refractivity contribution is 6.03. The van der Waals surface area contributed by atoms with Crippen molar-refractivity contribution in [1.29, 1.82) is 0 Å². The molecule has 0 bridgehead atoms. The number of halogens is 1. The number of benzene rings is 2. The molecule has 0 aliphatic carbocycles. The zero-order valence-corrected chi connectivity index (χ0v) is 22.2. The van der Waals surface area contributed by atoms with Gasteiger partial charge in [-0.15, -0.1) is 0 Å². The topological polar surface area (TPSA) is 86.5 Å². The number of nitrogens with one attached hydrogen (secondary N) is 1. The van der Waals surface area contributed by atoms with E-state index in [0.29, 0.717) is 23.6 Å². The lowest BCUT2D eigenvalue weighted by Crippen LogP contribution is -2.47. The van der Waals surface area contributed by atoms with E-state index in [0.717, 1.165) is 43.1 Å². The van der Waals surface area contributed by atoms with Crippen molar-refractivity contribution in [2.45, 2.75) is 19.9 Å². The van der Waals surface area contributed by atoms with Crippen LogP contribution in [0, 0.1) is 5.82 Å². The summed E-state index contributed by atoms with van der Waals surface area (Å²) in [5, 5.41) is 12.1. The van der Waals surface area contributed by atoms with E-state index in [9.17, 15) is 9.18 Å². The fraction of sp³-hybridized carbons (Fsp3) is 0.300. The summed E-state index contributed by atoms with van der Waals surface area (Å²) in [6.45, 7) is 8.62. The van der Waals surface area contributed by atoms with Gasteiger partial charge in [0.2, 0.25) is 0 Å². The second-order valence-electron chi connectivity index (χ2n) is 9.91. The third-order valence-electron chi connectivity index (χ3n) is 6.97. The third-order valence-corrected chi connectivity index (χ3v) is 6.97. The highest BCUT2D eigenvalue weighted by Crippen LogP contribution is 2.32. The summed E-state index contributed by atoms with van der Waals surface area (Å²) in [5.74, 6) is -0.616. The van der Waals surface area contributed by atoms with E-state index in [1.165, 1.54) is 12.1 Å². The average molecular weight is 529 g/mol. The van der Waals surface area contributed by atoms with Gasteiger partial charge in [0.1, 0.15) is 11.5 Å². The Morgan fingerprint density at radius 1 is 1.00 bits per heavy atom. The van der Waals surface area contributed by atoms with E-state index >= 15 is 0 Å². The Balaban J connectivity index is 1.33. The molecule has 1 fully saturated rings. The maximum absolute atomic E-state index is 13.5. The molecule has 202 valence electrons. The Morgan fingerprint density at radius 3 is 2.38 bits per heavy atom. The Bertz CT molecular complexity index is 1410. The number of imidazole rings is 1. The lowest BCUT2D eigenvalue weighted by molar-refractivity contribution is 0.102. The van der Waals surface area contributed by atoms with E-state index in [1.54, 1.807) is 24.5 Å². The Kier molecular flexibility index (Phi) is 7.99. The van der Waals surface area contributed by atoms with Crippen LogP contribution in [0.1, 0.15) is 30.4 Å². The van der Waals surface area contributed by atoms with Gasteiger partial charge in [-0.1, -0.05) is 6.07 Å². The third kappa shape index (κ3) is 6.00. The number of hydrogen-bond donors (Lipinski definition) is 2. The number of rotatable bonds is 8. The second-order valence-corrected chi connectivity index (χ2v) is 9.91. The van der Waals surface area contributed by atoms with Gasteiger partial charge in [-0.25, -0.2) is 14.4 Å². The zero-order valence-electron chi connectivity index (χ0n) is 22.2. The molecule has 0 radical (unpaired) electrons. The fourth-order valence-corrected chi connectivity index (χ4v) is 4.84. The number of carbonyl (C=O) groups is 1. The summed E-state index contributed by atoms with van der Waals surface area (Å²) < 4.78 is 15.5. The van der Waals surface area contributed by atoms with Crippen molar-refractivity contribution in [3.8, 4) is 22.6 Å². The molecule has 39 heavy (non-hydrogen) atoms. The first-order valence-electron chi connectivity index (χ1n) is 13.2. The van der Waals surface area contributed by atoms with Gasteiger partial charge in [0.15, 0.2) is 0 Å². The number of aliphatic hydroxyl groups excluding tert-OH is 1. The van der Waals surface area contributed by atoms with Gasteiger partial charge in [0.25, 0.3) is 5.91 Å². The van der Waals surface area contributed by atoms with Crippen LogP contribution in [-0.4, -0.2) is 69.8 Å². The summed E-state index contributed by atoms with van der Waals surface area (Å²) in [5.41, 5.74) is 4.93. The van der Waals surface area contributed by atoms with Crippen LogP contribution in [0.4, 0.5) is 15.8 Å². The van der Waals surface area contributed by atoms with Crippen LogP contribution < -0.4 is 10.2 Å². The van der Waals surface area contributed by atoms with Crippen molar-refractivity contribution >= 4 is 17.3 Å². The molecule has 2 aromatic heterocycles. The van der Waals surface area contributed by atoms with Crippen molar-refractivity contribution < 1.29 is 14.3 Å². The van der Waals surface area contributed by atoms with Gasteiger partial charge >= 0.3 is 0 Å². The highest BCUT2D eigenvalue weighted by Gasteiger charge is 2.20. The van der Waals surface area contributed by atoms with Gasteiger partial charge in [-0.3, -0.25) is 9.69 Å². The first-order valence-corrected chi connectivity index (χ1v) is 13.2.